The van der Waals surface area contributed by atoms with Crippen LogP contribution in [0.25, 0.3) is 0 Å². The third-order valence-corrected chi connectivity index (χ3v) is 9.04. The first-order chi connectivity index (χ1) is 17.6. The van der Waals surface area contributed by atoms with Crippen LogP contribution in [-0.4, -0.2) is 49.3 Å². The minimum atomic E-state index is -0.487. The number of piperidine rings is 3. The highest BCUT2D eigenvalue weighted by molar-refractivity contribution is 5.83. The summed E-state index contributed by atoms with van der Waals surface area (Å²) in [6.45, 7) is 5.44. The van der Waals surface area contributed by atoms with Crippen LogP contribution in [0.1, 0.15) is 68.1 Å². The van der Waals surface area contributed by atoms with Crippen molar-refractivity contribution >= 4 is 5.97 Å². The molecular weight excluding hydrogens is 448 g/mol. The summed E-state index contributed by atoms with van der Waals surface area (Å²) >= 11 is 0. The van der Waals surface area contributed by atoms with E-state index in [9.17, 15) is 4.79 Å². The molecule has 0 unspecified atom stereocenters. The van der Waals surface area contributed by atoms with Crippen molar-refractivity contribution in [2.75, 3.05) is 32.8 Å². The lowest BCUT2D eigenvalue weighted by Crippen LogP contribution is -2.65. The van der Waals surface area contributed by atoms with Gasteiger partial charge in [0.25, 0.3) is 0 Å². The number of carbonyl (C=O) groups excluding carboxylic acids is 1. The molecule has 36 heavy (non-hydrogen) atoms. The first-order valence-electron chi connectivity index (χ1n) is 13.8. The highest BCUT2D eigenvalue weighted by Crippen LogP contribution is 2.42. The van der Waals surface area contributed by atoms with E-state index in [1.165, 1.54) is 12.8 Å². The van der Waals surface area contributed by atoms with Crippen molar-refractivity contribution in [2.24, 2.45) is 5.92 Å². The summed E-state index contributed by atoms with van der Waals surface area (Å²) in [5.74, 6) is 0.511. The molecule has 0 radical (unpaired) electrons. The maximum Gasteiger partial charge on any atom is 0.317 e. The normalized spacial score (nSPS) is 27.1. The molecule has 0 N–H and O–H groups in total. The molecule has 190 valence electrons. The predicted octanol–water partition coefficient (Wildman–Crippen LogP) is 5.52. The minimum absolute atomic E-state index is 0.0161. The summed E-state index contributed by atoms with van der Waals surface area (Å²) < 4.78 is 13.5. The number of carbonyl (C=O) groups is 1. The number of hydrogen-bond acceptors (Lipinski definition) is 4. The van der Waals surface area contributed by atoms with Gasteiger partial charge in [-0.2, -0.15) is 5.26 Å². The first kappa shape index (κ1) is 25.0. The molecule has 1 atom stereocenters. The number of rotatable bonds is 8. The van der Waals surface area contributed by atoms with Crippen molar-refractivity contribution in [3.63, 3.8) is 0 Å². The summed E-state index contributed by atoms with van der Waals surface area (Å²) in [6.07, 6.45) is 8.67. The van der Waals surface area contributed by atoms with Gasteiger partial charge in [-0.3, -0.25) is 4.79 Å². The van der Waals surface area contributed by atoms with Crippen LogP contribution in [0.4, 0.5) is 0 Å². The maximum absolute atomic E-state index is 13.9. The van der Waals surface area contributed by atoms with Crippen LogP contribution in [0.5, 0.6) is 0 Å². The number of benzene rings is 2. The van der Waals surface area contributed by atoms with Crippen molar-refractivity contribution < 1.29 is 18.8 Å². The molecule has 0 aromatic heterocycles. The Morgan fingerprint density at radius 1 is 0.972 bits per heavy atom. The second-order valence-electron chi connectivity index (χ2n) is 11.2. The lowest BCUT2D eigenvalue weighted by molar-refractivity contribution is -0.946. The Morgan fingerprint density at radius 2 is 1.67 bits per heavy atom. The lowest BCUT2D eigenvalue weighted by Gasteiger charge is -2.52. The number of quaternary nitrogens is 1. The van der Waals surface area contributed by atoms with E-state index in [0.29, 0.717) is 24.7 Å². The summed E-state index contributed by atoms with van der Waals surface area (Å²) in [5.41, 5.74) is 2.41. The van der Waals surface area contributed by atoms with Gasteiger partial charge in [0.15, 0.2) is 6.10 Å². The second kappa shape index (κ2) is 11.2. The van der Waals surface area contributed by atoms with Crippen LogP contribution >= 0.6 is 0 Å². The number of esters is 1. The van der Waals surface area contributed by atoms with Gasteiger partial charge in [0, 0.05) is 18.8 Å². The highest BCUT2D eigenvalue weighted by atomic mass is 16.5. The summed E-state index contributed by atoms with van der Waals surface area (Å²) in [5, 5.41) is 8.97. The van der Waals surface area contributed by atoms with Gasteiger partial charge >= 0.3 is 5.97 Å². The SMILES string of the molecule is N#Cc1ccc(COCC[N+]23CCC(CC2)[C@@H](OC(=O)C2(c4ccccc4)CCCCCC2)C3)cc1. The van der Waals surface area contributed by atoms with Gasteiger partial charge in [0.2, 0.25) is 0 Å². The third kappa shape index (κ3) is 5.36. The van der Waals surface area contributed by atoms with Gasteiger partial charge in [-0.05, 0) is 36.1 Å². The summed E-state index contributed by atoms with van der Waals surface area (Å²) in [6, 6.07) is 20.2. The van der Waals surface area contributed by atoms with Gasteiger partial charge in [-0.15, -0.1) is 0 Å². The maximum atomic E-state index is 13.9. The van der Waals surface area contributed by atoms with E-state index < -0.39 is 5.41 Å². The number of fused-ring (bicyclic) bond motifs is 3. The molecule has 5 nitrogen and oxygen atoms in total. The zero-order chi connectivity index (χ0) is 24.8. The molecule has 1 aliphatic carbocycles. The molecule has 0 amide bonds. The molecule has 1 saturated carbocycles. The topological polar surface area (TPSA) is 59.3 Å². The fourth-order valence-corrected chi connectivity index (χ4v) is 6.74. The number of nitriles is 1. The van der Waals surface area contributed by atoms with Crippen molar-refractivity contribution in [3.05, 3.63) is 71.3 Å². The highest BCUT2D eigenvalue weighted by Gasteiger charge is 2.50. The van der Waals surface area contributed by atoms with Gasteiger partial charge < -0.3 is 14.0 Å². The molecule has 4 aliphatic rings. The van der Waals surface area contributed by atoms with Gasteiger partial charge in [-0.1, -0.05) is 68.1 Å². The minimum Gasteiger partial charge on any atom is -0.455 e. The van der Waals surface area contributed by atoms with E-state index in [0.717, 1.165) is 80.3 Å². The average molecular weight is 488 g/mol. The Labute approximate surface area is 215 Å². The van der Waals surface area contributed by atoms with Crippen LogP contribution < -0.4 is 0 Å². The molecule has 3 heterocycles. The monoisotopic (exact) mass is 487 g/mol. The predicted molar refractivity (Wildman–Crippen MR) is 139 cm³/mol. The average Bonchev–Trinajstić information content (AvgIpc) is 3.20. The van der Waals surface area contributed by atoms with Crippen molar-refractivity contribution in [3.8, 4) is 6.07 Å². The molecule has 3 aliphatic heterocycles. The van der Waals surface area contributed by atoms with Crippen LogP contribution in [0.3, 0.4) is 0 Å². The van der Waals surface area contributed by atoms with Crippen molar-refractivity contribution in [2.45, 2.75) is 69.5 Å². The molecule has 0 spiro atoms. The van der Waals surface area contributed by atoms with Crippen LogP contribution in [0.2, 0.25) is 0 Å². The molecule has 2 aromatic carbocycles. The van der Waals surface area contributed by atoms with Crippen molar-refractivity contribution in [1.29, 1.82) is 5.26 Å². The Kier molecular flexibility index (Phi) is 7.74. The Hall–Kier alpha value is -2.68. The van der Waals surface area contributed by atoms with E-state index in [1.54, 1.807) is 0 Å². The number of hydrogen-bond donors (Lipinski definition) is 0. The standard InChI is InChI=1S/C31H39N2O3/c32-22-25-10-12-26(13-11-25)24-35-21-20-33-18-14-27(15-19-33)29(23-33)36-30(34)31(16-6-1-2-7-17-31)28-8-4-3-5-9-28/h3-5,8-13,27,29H,1-2,6-7,14-21,23-24H2/q+1/t27?,29-,33?/m0/s1. The second-order valence-corrected chi connectivity index (χ2v) is 11.2. The largest absolute Gasteiger partial charge is 0.455 e. The molecular formula is C31H39N2O3+. The zero-order valence-electron chi connectivity index (χ0n) is 21.4. The van der Waals surface area contributed by atoms with E-state index in [2.05, 4.69) is 30.3 Å². The molecule has 3 saturated heterocycles. The lowest BCUT2D eigenvalue weighted by atomic mass is 9.74. The summed E-state index contributed by atoms with van der Waals surface area (Å²) in [4.78, 5) is 13.9. The Bertz CT molecular complexity index is 1040. The summed E-state index contributed by atoms with van der Waals surface area (Å²) in [7, 11) is 0. The molecule has 6 rings (SSSR count). The third-order valence-electron chi connectivity index (χ3n) is 9.04. The number of ether oxygens (including phenoxy) is 2. The Balaban J connectivity index is 1.21. The van der Waals surface area contributed by atoms with E-state index in [-0.39, 0.29) is 12.1 Å². The van der Waals surface area contributed by atoms with E-state index in [4.69, 9.17) is 14.7 Å². The van der Waals surface area contributed by atoms with Gasteiger partial charge in [0.1, 0.15) is 13.1 Å². The first-order valence-corrected chi connectivity index (χ1v) is 13.8. The fourth-order valence-electron chi connectivity index (χ4n) is 6.74. The quantitative estimate of drug-likeness (QED) is 0.213. The molecule has 2 bridgehead atoms. The Morgan fingerprint density at radius 3 is 2.33 bits per heavy atom. The van der Waals surface area contributed by atoms with E-state index >= 15 is 0 Å². The zero-order valence-corrected chi connectivity index (χ0v) is 21.4. The van der Waals surface area contributed by atoms with Gasteiger partial charge in [0.05, 0.1) is 43.4 Å². The van der Waals surface area contributed by atoms with Crippen LogP contribution in [0.15, 0.2) is 54.6 Å². The van der Waals surface area contributed by atoms with Gasteiger partial charge in [-0.25, -0.2) is 0 Å². The fraction of sp³-hybridized carbons (Fsp3) is 0.548. The van der Waals surface area contributed by atoms with E-state index in [1.807, 2.05) is 30.3 Å². The number of nitrogens with zero attached hydrogens (tertiary/aromatic N) is 2. The van der Waals surface area contributed by atoms with Crippen molar-refractivity contribution in [1.82, 2.24) is 0 Å². The smallest absolute Gasteiger partial charge is 0.317 e. The van der Waals surface area contributed by atoms with Crippen LogP contribution in [0, 0.1) is 17.2 Å². The van der Waals surface area contributed by atoms with Crippen LogP contribution in [-0.2, 0) is 26.3 Å². The molecule has 5 heteroatoms. The molecule has 4 fully saturated rings. The molecule has 2 aromatic rings.